The number of hydrogen-bond acceptors (Lipinski definition) is 2. The van der Waals surface area contributed by atoms with E-state index in [1.54, 1.807) is 0 Å². The van der Waals surface area contributed by atoms with Gasteiger partial charge in [0.2, 0.25) is 0 Å². The number of nitrogens with zero attached hydrogens (tertiary/aromatic N) is 1. The maximum atomic E-state index is 10.9. The van der Waals surface area contributed by atoms with Crippen LogP contribution in [-0.2, 0) is 11.2 Å². The van der Waals surface area contributed by atoms with Crippen molar-refractivity contribution in [2.75, 3.05) is 13.1 Å². The maximum absolute atomic E-state index is 10.9. The molecule has 0 spiro atoms. The molecule has 1 fully saturated rings. The molecule has 1 aliphatic heterocycles. The summed E-state index contributed by atoms with van der Waals surface area (Å²) >= 11 is 0. The first-order chi connectivity index (χ1) is 8.25. The molecule has 1 aromatic rings. The summed E-state index contributed by atoms with van der Waals surface area (Å²) in [6.07, 6.45) is 3.48. The van der Waals surface area contributed by atoms with Crippen LogP contribution in [0.5, 0.6) is 0 Å². The van der Waals surface area contributed by atoms with Crippen molar-refractivity contribution in [1.82, 2.24) is 4.90 Å². The highest BCUT2D eigenvalue weighted by Gasteiger charge is 2.24. The minimum Gasteiger partial charge on any atom is -0.481 e. The topological polar surface area (TPSA) is 40.5 Å². The maximum Gasteiger partial charge on any atom is 0.304 e. The van der Waals surface area contributed by atoms with Gasteiger partial charge < -0.3 is 5.11 Å². The Labute approximate surface area is 102 Å². The Morgan fingerprint density at radius 3 is 2.47 bits per heavy atom. The van der Waals surface area contributed by atoms with Gasteiger partial charge in [-0.15, -0.1) is 0 Å². The summed E-state index contributed by atoms with van der Waals surface area (Å²) in [5.74, 6) is -0.696. The number of carbonyl (C=O) groups is 1. The quantitative estimate of drug-likeness (QED) is 0.847. The van der Waals surface area contributed by atoms with Gasteiger partial charge in [-0.2, -0.15) is 0 Å². The molecule has 3 nitrogen and oxygen atoms in total. The van der Waals surface area contributed by atoms with Gasteiger partial charge in [0.1, 0.15) is 0 Å². The SMILES string of the molecule is O=C(O)CC(Cc1ccccc1)N1CCCC1. The number of likely N-dealkylation sites (tertiary alicyclic amines) is 1. The molecule has 0 bridgehead atoms. The minimum absolute atomic E-state index is 0.150. The van der Waals surface area contributed by atoms with Crippen molar-refractivity contribution in [3.8, 4) is 0 Å². The van der Waals surface area contributed by atoms with Crippen LogP contribution in [0.25, 0.3) is 0 Å². The predicted molar refractivity (Wildman–Crippen MR) is 67.0 cm³/mol. The van der Waals surface area contributed by atoms with Gasteiger partial charge in [-0.3, -0.25) is 9.69 Å². The van der Waals surface area contributed by atoms with Gasteiger partial charge in [0.05, 0.1) is 6.42 Å². The van der Waals surface area contributed by atoms with E-state index in [4.69, 9.17) is 5.11 Å². The average Bonchev–Trinajstić information content (AvgIpc) is 2.82. The highest BCUT2D eigenvalue weighted by molar-refractivity contribution is 5.67. The molecule has 0 aromatic heterocycles. The van der Waals surface area contributed by atoms with E-state index in [1.165, 1.54) is 18.4 Å². The standard InChI is InChI=1S/C14H19NO2/c16-14(17)11-13(15-8-4-5-9-15)10-12-6-2-1-3-7-12/h1-3,6-7,13H,4-5,8-11H2,(H,16,17). The van der Waals surface area contributed by atoms with E-state index >= 15 is 0 Å². The molecular weight excluding hydrogens is 214 g/mol. The minimum atomic E-state index is -0.696. The molecule has 1 N–H and O–H groups in total. The van der Waals surface area contributed by atoms with Gasteiger partial charge in [0.25, 0.3) is 0 Å². The number of benzene rings is 1. The highest BCUT2D eigenvalue weighted by atomic mass is 16.4. The van der Waals surface area contributed by atoms with Crippen molar-refractivity contribution in [2.45, 2.75) is 31.7 Å². The van der Waals surface area contributed by atoms with Gasteiger partial charge in [-0.05, 0) is 37.9 Å². The van der Waals surface area contributed by atoms with Crippen molar-refractivity contribution in [2.24, 2.45) is 0 Å². The fourth-order valence-corrected chi connectivity index (χ4v) is 2.52. The van der Waals surface area contributed by atoms with Crippen LogP contribution in [0.2, 0.25) is 0 Å². The lowest BCUT2D eigenvalue weighted by atomic mass is 10.0. The lowest BCUT2D eigenvalue weighted by Crippen LogP contribution is -2.36. The zero-order valence-corrected chi connectivity index (χ0v) is 10.0. The van der Waals surface area contributed by atoms with E-state index in [-0.39, 0.29) is 12.5 Å². The first-order valence-electron chi connectivity index (χ1n) is 6.25. The van der Waals surface area contributed by atoms with Crippen LogP contribution in [0.15, 0.2) is 30.3 Å². The Morgan fingerprint density at radius 1 is 1.24 bits per heavy atom. The number of rotatable bonds is 5. The first-order valence-corrected chi connectivity index (χ1v) is 6.25. The summed E-state index contributed by atoms with van der Waals surface area (Å²) in [6, 6.07) is 10.3. The van der Waals surface area contributed by atoms with Gasteiger partial charge in [-0.25, -0.2) is 0 Å². The van der Waals surface area contributed by atoms with Crippen LogP contribution in [0, 0.1) is 0 Å². The molecule has 0 saturated carbocycles. The molecule has 0 aliphatic carbocycles. The van der Waals surface area contributed by atoms with Crippen molar-refractivity contribution in [1.29, 1.82) is 0 Å². The van der Waals surface area contributed by atoms with E-state index in [2.05, 4.69) is 17.0 Å². The fraction of sp³-hybridized carbons (Fsp3) is 0.500. The Kier molecular flexibility index (Phi) is 4.15. The second kappa shape index (κ2) is 5.82. The van der Waals surface area contributed by atoms with Gasteiger partial charge in [0, 0.05) is 6.04 Å². The molecule has 3 heteroatoms. The summed E-state index contributed by atoms with van der Waals surface area (Å²) in [6.45, 7) is 2.09. The highest BCUT2D eigenvalue weighted by Crippen LogP contribution is 2.18. The predicted octanol–water partition coefficient (Wildman–Crippen LogP) is 2.17. The van der Waals surface area contributed by atoms with Crippen molar-refractivity contribution in [3.63, 3.8) is 0 Å². The van der Waals surface area contributed by atoms with Crippen LogP contribution < -0.4 is 0 Å². The number of hydrogen-bond donors (Lipinski definition) is 1. The van der Waals surface area contributed by atoms with Crippen LogP contribution >= 0.6 is 0 Å². The number of carboxylic acid groups (broad SMARTS) is 1. The van der Waals surface area contributed by atoms with Crippen LogP contribution in [-0.4, -0.2) is 35.1 Å². The summed E-state index contributed by atoms with van der Waals surface area (Å²) in [5, 5.41) is 9.00. The molecule has 17 heavy (non-hydrogen) atoms. The summed E-state index contributed by atoms with van der Waals surface area (Å²) < 4.78 is 0. The second-order valence-corrected chi connectivity index (χ2v) is 4.68. The number of carboxylic acids is 1. The van der Waals surface area contributed by atoms with Gasteiger partial charge >= 0.3 is 5.97 Å². The van der Waals surface area contributed by atoms with Crippen LogP contribution in [0.4, 0.5) is 0 Å². The molecule has 0 radical (unpaired) electrons. The molecule has 1 aromatic carbocycles. The second-order valence-electron chi connectivity index (χ2n) is 4.68. The Bertz CT molecular complexity index is 358. The lowest BCUT2D eigenvalue weighted by Gasteiger charge is -2.26. The third-order valence-electron chi connectivity index (χ3n) is 3.38. The van der Waals surface area contributed by atoms with Crippen molar-refractivity contribution < 1.29 is 9.90 Å². The van der Waals surface area contributed by atoms with E-state index < -0.39 is 5.97 Å². The molecule has 1 heterocycles. The van der Waals surface area contributed by atoms with Gasteiger partial charge in [-0.1, -0.05) is 30.3 Å². The molecule has 1 aliphatic rings. The first kappa shape index (κ1) is 12.1. The van der Waals surface area contributed by atoms with E-state index in [0.717, 1.165) is 19.5 Å². The normalized spacial score (nSPS) is 18.1. The molecule has 0 amide bonds. The lowest BCUT2D eigenvalue weighted by molar-refractivity contribution is -0.138. The Morgan fingerprint density at radius 2 is 1.88 bits per heavy atom. The largest absolute Gasteiger partial charge is 0.481 e. The number of aliphatic carboxylic acids is 1. The summed E-state index contributed by atoms with van der Waals surface area (Å²) in [5.41, 5.74) is 1.23. The van der Waals surface area contributed by atoms with E-state index in [0.29, 0.717) is 0 Å². The molecule has 92 valence electrons. The van der Waals surface area contributed by atoms with E-state index in [1.807, 2.05) is 18.2 Å². The molecule has 1 saturated heterocycles. The Balaban J connectivity index is 2.02. The summed E-state index contributed by atoms with van der Waals surface area (Å²) in [4.78, 5) is 13.3. The fourth-order valence-electron chi connectivity index (χ4n) is 2.52. The third-order valence-corrected chi connectivity index (χ3v) is 3.38. The summed E-state index contributed by atoms with van der Waals surface area (Å²) in [7, 11) is 0. The zero-order valence-electron chi connectivity index (χ0n) is 10.0. The smallest absolute Gasteiger partial charge is 0.304 e. The van der Waals surface area contributed by atoms with E-state index in [9.17, 15) is 4.79 Å². The zero-order chi connectivity index (χ0) is 12.1. The van der Waals surface area contributed by atoms with Crippen LogP contribution in [0.1, 0.15) is 24.8 Å². The monoisotopic (exact) mass is 233 g/mol. The third kappa shape index (κ3) is 3.56. The van der Waals surface area contributed by atoms with Crippen molar-refractivity contribution in [3.05, 3.63) is 35.9 Å². The molecule has 1 unspecified atom stereocenters. The van der Waals surface area contributed by atoms with Crippen LogP contribution in [0.3, 0.4) is 0 Å². The van der Waals surface area contributed by atoms with Gasteiger partial charge in [0.15, 0.2) is 0 Å². The average molecular weight is 233 g/mol. The molecule has 1 atom stereocenters. The molecular formula is C14H19NO2. The van der Waals surface area contributed by atoms with Crippen molar-refractivity contribution >= 4 is 5.97 Å². The Hall–Kier alpha value is -1.35. The molecule has 2 rings (SSSR count).